The molecule has 2 aliphatic carbocycles. The van der Waals surface area contributed by atoms with E-state index in [2.05, 4.69) is 6.92 Å². The van der Waals surface area contributed by atoms with Crippen molar-refractivity contribution in [2.45, 2.75) is 64.7 Å². The van der Waals surface area contributed by atoms with E-state index in [0.717, 1.165) is 11.3 Å². The summed E-state index contributed by atoms with van der Waals surface area (Å²) in [5, 5.41) is 0. The van der Waals surface area contributed by atoms with E-state index in [4.69, 9.17) is 0 Å². The first-order valence-electron chi connectivity index (χ1n) is 5.85. The summed E-state index contributed by atoms with van der Waals surface area (Å²) in [5.74, 6) is 1.08. The summed E-state index contributed by atoms with van der Waals surface area (Å²) in [6, 6.07) is 0. The summed E-state index contributed by atoms with van der Waals surface area (Å²) < 4.78 is 0. The maximum Gasteiger partial charge on any atom is -0.0297 e. The van der Waals surface area contributed by atoms with E-state index in [-0.39, 0.29) is 0 Å². The lowest BCUT2D eigenvalue weighted by Crippen LogP contribution is -2.24. The van der Waals surface area contributed by atoms with Gasteiger partial charge in [-0.15, -0.1) is 0 Å². The highest BCUT2D eigenvalue weighted by Crippen LogP contribution is 2.50. The van der Waals surface area contributed by atoms with Crippen LogP contribution in [0.3, 0.4) is 0 Å². The zero-order valence-corrected chi connectivity index (χ0v) is 8.44. The van der Waals surface area contributed by atoms with Crippen LogP contribution in [0.2, 0.25) is 0 Å². The Bertz CT molecular complexity index is 132. The monoisotopic (exact) mass is 166 g/mol. The van der Waals surface area contributed by atoms with Crippen molar-refractivity contribution in [1.82, 2.24) is 0 Å². The Balaban J connectivity index is 1.88. The molecule has 12 heavy (non-hydrogen) atoms. The molecule has 0 nitrogen and oxygen atoms in total. The molecule has 0 saturated heterocycles. The van der Waals surface area contributed by atoms with E-state index in [9.17, 15) is 0 Å². The molecule has 0 aromatic carbocycles. The van der Waals surface area contributed by atoms with Gasteiger partial charge in [-0.05, 0) is 49.9 Å². The van der Waals surface area contributed by atoms with Crippen molar-refractivity contribution >= 4 is 0 Å². The molecule has 2 fully saturated rings. The number of hydrogen-bond donors (Lipinski definition) is 0. The summed E-state index contributed by atoms with van der Waals surface area (Å²) in [7, 11) is 0. The van der Waals surface area contributed by atoms with Crippen molar-refractivity contribution in [2.24, 2.45) is 11.3 Å². The second-order valence-electron chi connectivity index (χ2n) is 5.06. The SMILES string of the molecule is CCC1CCC2(CCCC2)CC1. The first kappa shape index (κ1) is 8.59. The third-order valence-corrected chi connectivity index (χ3v) is 4.41. The maximum absolute atomic E-state index is 2.36. The van der Waals surface area contributed by atoms with Crippen molar-refractivity contribution in [1.29, 1.82) is 0 Å². The highest BCUT2D eigenvalue weighted by atomic mass is 14.4. The van der Waals surface area contributed by atoms with Gasteiger partial charge in [0.05, 0.1) is 0 Å². The molecular weight excluding hydrogens is 144 g/mol. The first-order valence-corrected chi connectivity index (χ1v) is 5.85. The van der Waals surface area contributed by atoms with Gasteiger partial charge in [0.25, 0.3) is 0 Å². The van der Waals surface area contributed by atoms with Gasteiger partial charge in [0.1, 0.15) is 0 Å². The summed E-state index contributed by atoms with van der Waals surface area (Å²) in [6.07, 6.45) is 13.8. The van der Waals surface area contributed by atoms with E-state index < -0.39 is 0 Å². The quantitative estimate of drug-likeness (QED) is 0.549. The molecular formula is C12H22. The fourth-order valence-corrected chi connectivity index (χ4v) is 3.32. The van der Waals surface area contributed by atoms with Gasteiger partial charge in [-0.1, -0.05) is 26.2 Å². The van der Waals surface area contributed by atoms with Crippen molar-refractivity contribution in [3.63, 3.8) is 0 Å². The van der Waals surface area contributed by atoms with E-state index in [1.54, 1.807) is 25.7 Å². The molecule has 0 N–H and O–H groups in total. The van der Waals surface area contributed by atoms with Crippen molar-refractivity contribution in [2.75, 3.05) is 0 Å². The molecule has 0 bridgehead atoms. The average molecular weight is 166 g/mol. The van der Waals surface area contributed by atoms with Gasteiger partial charge in [-0.2, -0.15) is 0 Å². The predicted molar refractivity (Wildman–Crippen MR) is 53.2 cm³/mol. The van der Waals surface area contributed by atoms with Crippen LogP contribution in [0.5, 0.6) is 0 Å². The van der Waals surface area contributed by atoms with Crippen LogP contribution in [0.1, 0.15) is 64.7 Å². The van der Waals surface area contributed by atoms with Crippen LogP contribution >= 0.6 is 0 Å². The van der Waals surface area contributed by atoms with Crippen molar-refractivity contribution in [3.05, 3.63) is 0 Å². The molecule has 2 saturated carbocycles. The zero-order chi connectivity index (χ0) is 8.44. The first-order chi connectivity index (χ1) is 5.85. The molecule has 0 aromatic heterocycles. The van der Waals surface area contributed by atoms with Crippen LogP contribution in [0, 0.1) is 11.3 Å². The van der Waals surface area contributed by atoms with Gasteiger partial charge < -0.3 is 0 Å². The molecule has 2 rings (SSSR count). The molecule has 0 amide bonds. The Kier molecular flexibility index (Phi) is 2.43. The second kappa shape index (κ2) is 3.40. The molecule has 1 spiro atoms. The lowest BCUT2D eigenvalue weighted by atomic mass is 9.69. The summed E-state index contributed by atoms with van der Waals surface area (Å²) >= 11 is 0. The van der Waals surface area contributed by atoms with Gasteiger partial charge in [0.15, 0.2) is 0 Å². The van der Waals surface area contributed by atoms with Gasteiger partial charge in [-0.3, -0.25) is 0 Å². The molecule has 0 heteroatoms. The van der Waals surface area contributed by atoms with E-state index >= 15 is 0 Å². The molecule has 0 radical (unpaired) electrons. The zero-order valence-electron chi connectivity index (χ0n) is 8.44. The van der Waals surface area contributed by atoms with Crippen molar-refractivity contribution in [3.8, 4) is 0 Å². The lowest BCUT2D eigenvalue weighted by molar-refractivity contribution is 0.153. The minimum absolute atomic E-state index is 0.853. The highest BCUT2D eigenvalue weighted by Gasteiger charge is 2.36. The maximum atomic E-state index is 2.36. The summed E-state index contributed by atoms with van der Waals surface area (Å²) in [5.41, 5.74) is 0.853. The normalized spacial score (nSPS) is 29.8. The lowest BCUT2D eigenvalue weighted by Gasteiger charge is -2.37. The van der Waals surface area contributed by atoms with Crippen LogP contribution in [0.15, 0.2) is 0 Å². The Morgan fingerprint density at radius 1 is 1.00 bits per heavy atom. The van der Waals surface area contributed by atoms with Crippen LogP contribution in [0.25, 0.3) is 0 Å². The Morgan fingerprint density at radius 3 is 2.08 bits per heavy atom. The van der Waals surface area contributed by atoms with Crippen molar-refractivity contribution < 1.29 is 0 Å². The summed E-state index contributed by atoms with van der Waals surface area (Å²) in [4.78, 5) is 0. The third kappa shape index (κ3) is 1.53. The topological polar surface area (TPSA) is 0 Å². The average Bonchev–Trinajstić information content (AvgIpc) is 2.55. The molecule has 0 heterocycles. The molecule has 0 aliphatic heterocycles. The van der Waals surface area contributed by atoms with Gasteiger partial charge in [-0.25, -0.2) is 0 Å². The molecule has 0 aromatic rings. The fraction of sp³-hybridized carbons (Fsp3) is 1.00. The second-order valence-corrected chi connectivity index (χ2v) is 5.06. The Morgan fingerprint density at radius 2 is 1.58 bits per heavy atom. The highest BCUT2D eigenvalue weighted by molar-refractivity contribution is 4.88. The largest absolute Gasteiger partial charge is 0.0651 e. The fourth-order valence-electron chi connectivity index (χ4n) is 3.32. The van der Waals surface area contributed by atoms with Gasteiger partial charge >= 0.3 is 0 Å². The number of hydrogen-bond acceptors (Lipinski definition) is 0. The van der Waals surface area contributed by atoms with E-state index in [0.29, 0.717) is 0 Å². The molecule has 0 atom stereocenters. The van der Waals surface area contributed by atoms with Crippen LogP contribution in [-0.2, 0) is 0 Å². The minimum Gasteiger partial charge on any atom is -0.0651 e. The molecule has 70 valence electrons. The van der Waals surface area contributed by atoms with Crippen LogP contribution in [0.4, 0.5) is 0 Å². The third-order valence-electron chi connectivity index (χ3n) is 4.41. The molecule has 0 unspecified atom stereocenters. The Hall–Kier alpha value is 0. The van der Waals surface area contributed by atoms with E-state index in [1.807, 2.05) is 0 Å². The minimum atomic E-state index is 0.853. The van der Waals surface area contributed by atoms with E-state index in [1.165, 1.54) is 32.1 Å². The predicted octanol–water partition coefficient (Wildman–Crippen LogP) is 4.15. The van der Waals surface area contributed by atoms with Crippen LogP contribution in [-0.4, -0.2) is 0 Å². The van der Waals surface area contributed by atoms with Gasteiger partial charge in [0.2, 0.25) is 0 Å². The van der Waals surface area contributed by atoms with Gasteiger partial charge in [0, 0.05) is 0 Å². The molecule has 2 aliphatic rings. The summed E-state index contributed by atoms with van der Waals surface area (Å²) in [6.45, 7) is 2.36. The number of rotatable bonds is 1. The standard InChI is InChI=1S/C12H22/c1-2-11-5-9-12(10-6-11)7-3-4-8-12/h11H,2-10H2,1H3. The van der Waals surface area contributed by atoms with Crippen LogP contribution < -0.4 is 0 Å². The Labute approximate surface area is 76.7 Å². The smallest absolute Gasteiger partial charge is 0.0297 e.